The van der Waals surface area contributed by atoms with Gasteiger partial charge in [-0.05, 0) is 6.92 Å². The third-order valence-electron chi connectivity index (χ3n) is 14.2. The predicted molar refractivity (Wildman–Crippen MR) is 238 cm³/mol. The predicted octanol–water partition coefficient (Wildman–Crippen LogP) is -13.6. The molecule has 0 radical (unpaired) electrons. The monoisotopic (exact) mass is 1140 g/mol. The number of amides is 2. The Morgan fingerprint density at radius 2 is 1.03 bits per heavy atom. The van der Waals surface area contributed by atoms with E-state index in [9.17, 15) is 111 Å². The van der Waals surface area contributed by atoms with Gasteiger partial charge in [-0.25, -0.2) is 4.79 Å². The lowest BCUT2D eigenvalue weighted by atomic mass is 9.88. The Morgan fingerprint density at radius 3 is 1.60 bits per heavy atom. The second-order valence-corrected chi connectivity index (χ2v) is 19.6. The summed E-state index contributed by atoms with van der Waals surface area (Å²) in [5.74, 6) is -7.40. The van der Waals surface area contributed by atoms with Gasteiger partial charge in [0.25, 0.3) is 5.79 Å². The van der Waals surface area contributed by atoms with Gasteiger partial charge in [0.1, 0.15) is 134 Å². The molecule has 6 rings (SSSR count). The van der Waals surface area contributed by atoms with Crippen LogP contribution in [0, 0.1) is 0 Å². The second kappa shape index (κ2) is 27.1. The minimum Gasteiger partial charge on any atom is -0.477 e. The number of hydrogen-bond donors (Lipinski definition) is 21. The Kier molecular flexibility index (Phi) is 22.4. The highest BCUT2D eigenvalue weighted by atomic mass is 16.8. The molecule has 0 aromatic heterocycles. The molecular weight excluding hydrogens is 1070 g/mol. The molecule has 0 aromatic carbocycles. The molecule has 452 valence electrons. The summed E-state index contributed by atoms with van der Waals surface area (Å²) in [4.78, 5) is 38.9. The number of carbonyl (C=O) groups is 3. The molecule has 6 aliphatic rings. The van der Waals surface area contributed by atoms with Crippen LogP contribution in [0.25, 0.3) is 0 Å². The highest BCUT2D eigenvalue weighted by Crippen LogP contribution is 2.41. The molecule has 2 amide bonds. The van der Waals surface area contributed by atoms with Crippen molar-refractivity contribution in [2.24, 2.45) is 0 Å². The lowest BCUT2D eigenvalue weighted by Gasteiger charge is -2.53. The Morgan fingerprint density at radius 1 is 0.526 bits per heavy atom. The van der Waals surface area contributed by atoms with Crippen molar-refractivity contribution in [2.45, 2.75) is 217 Å². The highest BCUT2D eigenvalue weighted by molar-refractivity contribution is 5.76. The molecule has 0 spiro atoms. The van der Waals surface area contributed by atoms with E-state index >= 15 is 0 Å². The lowest BCUT2D eigenvalue weighted by molar-refractivity contribution is -0.405. The molecule has 6 fully saturated rings. The average molecular weight is 1150 g/mol. The van der Waals surface area contributed by atoms with Gasteiger partial charge in [0.2, 0.25) is 11.8 Å². The van der Waals surface area contributed by atoms with Gasteiger partial charge in [-0.1, -0.05) is 0 Å². The number of rotatable bonds is 20. The second-order valence-electron chi connectivity index (χ2n) is 19.6. The summed E-state index contributed by atoms with van der Waals surface area (Å²) in [5.41, 5.74) is 0. The van der Waals surface area contributed by atoms with Crippen molar-refractivity contribution < 1.29 is 164 Å². The van der Waals surface area contributed by atoms with Crippen molar-refractivity contribution in [3.05, 3.63) is 0 Å². The van der Waals surface area contributed by atoms with Crippen LogP contribution in [0.1, 0.15) is 27.2 Å². The Labute approximate surface area is 441 Å². The first-order chi connectivity index (χ1) is 36.7. The van der Waals surface area contributed by atoms with E-state index in [0.29, 0.717) is 0 Å². The largest absolute Gasteiger partial charge is 0.477 e. The van der Waals surface area contributed by atoms with E-state index in [4.69, 9.17) is 52.1 Å². The zero-order valence-electron chi connectivity index (χ0n) is 41.8. The van der Waals surface area contributed by atoms with E-state index in [1.807, 2.05) is 0 Å². The van der Waals surface area contributed by atoms with Gasteiger partial charge in [-0.2, -0.15) is 0 Å². The molecule has 31 atom stereocenters. The summed E-state index contributed by atoms with van der Waals surface area (Å²) in [6.07, 6.45) is -58.8. The third kappa shape index (κ3) is 13.5. The molecule has 0 saturated carbocycles. The van der Waals surface area contributed by atoms with E-state index < -0.39 is 247 Å². The minimum atomic E-state index is -3.38. The van der Waals surface area contributed by atoms with Crippen LogP contribution in [0.4, 0.5) is 0 Å². The maximum Gasteiger partial charge on any atom is 0.364 e. The molecule has 6 aliphatic heterocycles. The molecule has 0 aromatic rings. The van der Waals surface area contributed by atoms with Crippen molar-refractivity contribution in [3.63, 3.8) is 0 Å². The molecule has 0 aliphatic carbocycles. The first kappa shape index (κ1) is 64.4. The summed E-state index contributed by atoms with van der Waals surface area (Å²) < 4.78 is 63.9. The fraction of sp³-hybridized carbons (Fsp3) is 0.930. The summed E-state index contributed by atoms with van der Waals surface area (Å²) in [7, 11) is 0. The molecule has 0 unspecified atom stereocenters. The number of aliphatic carboxylic acids is 1. The Balaban J connectivity index is 1.43. The number of hydrogen-bond acceptors (Lipinski definition) is 32. The van der Waals surface area contributed by atoms with Crippen LogP contribution in [-0.2, 0) is 66.5 Å². The van der Waals surface area contributed by atoms with Crippen molar-refractivity contribution in [2.75, 3.05) is 33.0 Å². The van der Waals surface area contributed by atoms with Crippen LogP contribution in [0.15, 0.2) is 0 Å². The SMILES string of the molecule is CC(=O)N[C@H]1[C@H](O[C@@H]2[C@H](O[C@]3(C(=O)O)C[C@H](O)[C@@H](NC(C)=O)[C@H]([C@H](O)[C@H](O)CO)O3)[C@@H](O)[C@H](O[C@H]3[C@H](O)[C@@H](O)[C@@H](O)O[C@@H]3CO)O[C@@H]2CO)O[C@H](CO)[C@H](O)[C@@H]1O[C@@H]1O[C@H](CO)[C@H](O)[C@H](O)[C@H]1O[C@@H]1O[C@@H](C)[C@@H](O)[C@@H](O)[C@@H]1O. The van der Waals surface area contributed by atoms with Crippen LogP contribution in [0.3, 0.4) is 0 Å². The summed E-state index contributed by atoms with van der Waals surface area (Å²) in [6, 6.07) is -3.74. The zero-order valence-corrected chi connectivity index (χ0v) is 41.8. The van der Waals surface area contributed by atoms with Crippen LogP contribution < -0.4 is 10.6 Å². The van der Waals surface area contributed by atoms with Gasteiger partial charge >= 0.3 is 5.97 Å². The van der Waals surface area contributed by atoms with Crippen molar-refractivity contribution in [3.8, 4) is 0 Å². The highest BCUT2D eigenvalue weighted by Gasteiger charge is 2.62. The number of carboxylic acids is 1. The fourth-order valence-electron chi connectivity index (χ4n) is 9.95. The van der Waals surface area contributed by atoms with E-state index in [2.05, 4.69) is 10.6 Å². The number of aliphatic hydroxyl groups excluding tert-OH is 18. The number of carbonyl (C=O) groups excluding carboxylic acids is 2. The van der Waals surface area contributed by atoms with Crippen molar-refractivity contribution >= 4 is 17.8 Å². The van der Waals surface area contributed by atoms with Crippen LogP contribution in [-0.4, -0.2) is 338 Å². The molecular formula is C43H72N2O33. The van der Waals surface area contributed by atoms with Crippen LogP contribution in [0.5, 0.6) is 0 Å². The Bertz CT molecular complexity index is 1950. The molecule has 0 bridgehead atoms. The average Bonchev–Trinajstić information content (AvgIpc) is 3.50. The van der Waals surface area contributed by atoms with Gasteiger partial charge in [0.15, 0.2) is 31.5 Å². The van der Waals surface area contributed by atoms with Gasteiger partial charge in [-0.15, -0.1) is 0 Å². The van der Waals surface area contributed by atoms with E-state index in [-0.39, 0.29) is 0 Å². The van der Waals surface area contributed by atoms with E-state index in [1.54, 1.807) is 0 Å². The molecule has 6 saturated heterocycles. The van der Waals surface area contributed by atoms with E-state index in [1.165, 1.54) is 6.92 Å². The van der Waals surface area contributed by atoms with Crippen molar-refractivity contribution in [1.82, 2.24) is 10.6 Å². The lowest BCUT2D eigenvalue weighted by Crippen LogP contribution is -2.72. The third-order valence-corrected chi connectivity index (χ3v) is 14.2. The van der Waals surface area contributed by atoms with Gasteiger partial charge in [0, 0.05) is 20.3 Å². The standard InChI is InChI=1S/C43H72N2O33/c1-10-21(55)25(59)29(63)39(68-10)76-36-26(60)23(57)15(6-47)71-41(36)75-33-20(45-12(3)52)38(70-16(7-48)24(33)58)74-32-18(9-50)72-40(73-31-17(8-49)69-37(65)28(62)27(31)61)30(64)35(32)78-43(42(66)67)4-13(53)19(44-11(2)51)34(77-43)22(56)14(54)5-46/h10,13-41,46-50,53-65H,4-9H2,1-3H3,(H,44,51)(H,45,52)(H,66,67)/t10-,13-,14+,15+,16+,17+,18+,19+,20+,21+,22+,23-,24-,25+,26-,27+,28+,29-,30+,31+,32-,33+,34+,35+,36+,37-,38-,39-,40-,41-,43-/m0/s1. The smallest absolute Gasteiger partial charge is 0.364 e. The topological polar surface area (TPSA) is 561 Å². The minimum absolute atomic E-state index is 0.879. The van der Waals surface area contributed by atoms with Gasteiger partial charge < -0.3 is 160 Å². The maximum atomic E-state index is 13.5. The number of ether oxygens (including phenoxy) is 11. The normalized spacial score (nSPS) is 48.1. The number of aliphatic hydroxyl groups is 18. The quantitative estimate of drug-likeness (QED) is 0.0538. The molecule has 6 heterocycles. The molecule has 78 heavy (non-hydrogen) atoms. The molecule has 35 nitrogen and oxygen atoms in total. The summed E-state index contributed by atoms with van der Waals surface area (Å²) in [5, 5.41) is 209. The molecule has 21 N–H and O–H groups in total. The summed E-state index contributed by atoms with van der Waals surface area (Å²) in [6.45, 7) is -2.51. The molecule has 35 heteroatoms. The van der Waals surface area contributed by atoms with Crippen molar-refractivity contribution in [1.29, 1.82) is 0 Å². The number of nitrogens with one attached hydrogen (secondary N) is 2. The Hall–Kier alpha value is -2.75. The summed E-state index contributed by atoms with van der Waals surface area (Å²) >= 11 is 0. The first-order valence-corrected chi connectivity index (χ1v) is 24.6. The number of carboxylic acid groups (broad SMARTS) is 1. The van der Waals surface area contributed by atoms with Crippen LogP contribution >= 0.6 is 0 Å². The zero-order chi connectivity index (χ0) is 58.0. The maximum absolute atomic E-state index is 13.5. The van der Waals surface area contributed by atoms with Gasteiger partial charge in [-0.3, -0.25) is 9.59 Å². The van der Waals surface area contributed by atoms with Gasteiger partial charge in [0.05, 0.1) is 51.3 Å². The first-order valence-electron chi connectivity index (χ1n) is 24.6. The van der Waals surface area contributed by atoms with E-state index in [0.717, 1.165) is 13.8 Å². The fourth-order valence-corrected chi connectivity index (χ4v) is 9.95. The van der Waals surface area contributed by atoms with Crippen LogP contribution in [0.2, 0.25) is 0 Å².